The van der Waals surface area contributed by atoms with Gasteiger partial charge >= 0.3 is 6.18 Å². The van der Waals surface area contributed by atoms with Crippen LogP contribution in [0.3, 0.4) is 0 Å². The van der Waals surface area contributed by atoms with E-state index in [1.54, 1.807) is 0 Å². The first-order valence-electron chi connectivity index (χ1n) is 2.68. The van der Waals surface area contributed by atoms with E-state index in [0.29, 0.717) is 11.8 Å². The van der Waals surface area contributed by atoms with Crippen LogP contribution in [0.4, 0.5) is 13.2 Å². The zero-order valence-electron chi connectivity index (χ0n) is 4.58. The van der Waals surface area contributed by atoms with Crippen molar-refractivity contribution in [3.8, 4) is 0 Å². The van der Waals surface area contributed by atoms with Gasteiger partial charge in [-0.25, -0.2) is 0 Å². The van der Waals surface area contributed by atoms with Gasteiger partial charge in [0.25, 0.3) is 0 Å². The zero-order valence-corrected chi connectivity index (χ0v) is 6.17. The molecule has 0 heterocycles. The van der Waals surface area contributed by atoms with Gasteiger partial charge in [0.2, 0.25) is 0 Å². The lowest BCUT2D eigenvalue weighted by Gasteiger charge is -2.02. The third-order valence-electron chi connectivity index (χ3n) is 1.54. The van der Waals surface area contributed by atoms with Gasteiger partial charge in [0, 0.05) is 5.33 Å². The molecule has 0 amide bonds. The number of alkyl halides is 4. The minimum atomic E-state index is -3.95. The highest BCUT2D eigenvalue weighted by atomic mass is 79.9. The van der Waals surface area contributed by atoms with Crippen molar-refractivity contribution in [2.24, 2.45) is 11.8 Å². The van der Waals surface area contributed by atoms with Crippen molar-refractivity contribution in [3.05, 3.63) is 0 Å². The minimum Gasteiger partial charge on any atom is -0.171 e. The fourth-order valence-corrected chi connectivity index (χ4v) is 1.53. The van der Waals surface area contributed by atoms with Crippen molar-refractivity contribution < 1.29 is 13.2 Å². The molecule has 1 aliphatic carbocycles. The molecule has 0 nitrogen and oxygen atoms in total. The molecule has 0 bridgehead atoms. The monoisotopic (exact) mass is 202 g/mol. The van der Waals surface area contributed by atoms with Crippen LogP contribution in [0.2, 0.25) is 0 Å². The number of hydrogen-bond acceptors (Lipinski definition) is 0. The smallest absolute Gasteiger partial charge is 0.171 e. The van der Waals surface area contributed by atoms with Gasteiger partial charge in [0.15, 0.2) is 0 Å². The summed E-state index contributed by atoms with van der Waals surface area (Å²) in [6.45, 7) is 0. The summed E-state index contributed by atoms with van der Waals surface area (Å²) in [4.78, 5) is 0. The van der Waals surface area contributed by atoms with Crippen LogP contribution < -0.4 is 0 Å². The molecule has 0 aliphatic heterocycles. The van der Waals surface area contributed by atoms with Gasteiger partial charge in [-0.15, -0.1) is 0 Å². The maximum Gasteiger partial charge on any atom is 0.392 e. The average Bonchev–Trinajstić information content (AvgIpc) is 2.39. The molecule has 54 valence electrons. The first kappa shape index (κ1) is 7.38. The minimum absolute atomic E-state index is 0.148. The van der Waals surface area contributed by atoms with Gasteiger partial charge < -0.3 is 0 Å². The summed E-state index contributed by atoms with van der Waals surface area (Å²) in [7, 11) is 0. The normalized spacial score (nSPS) is 34.7. The summed E-state index contributed by atoms with van der Waals surface area (Å²) in [5.74, 6) is -1.16. The van der Waals surface area contributed by atoms with Crippen LogP contribution in [0, 0.1) is 11.8 Å². The van der Waals surface area contributed by atoms with Crippen LogP contribution in [0.5, 0.6) is 0 Å². The Morgan fingerprint density at radius 2 is 2.00 bits per heavy atom. The standard InChI is InChI=1S/C5H6BrF3/c6-2-3-1-4(3)5(7,8)9/h3-4H,1-2H2/t3-,4+/m1/s1. The van der Waals surface area contributed by atoms with Gasteiger partial charge in [0.05, 0.1) is 5.92 Å². The average molecular weight is 203 g/mol. The molecule has 9 heavy (non-hydrogen) atoms. The van der Waals surface area contributed by atoms with E-state index in [-0.39, 0.29) is 5.92 Å². The van der Waals surface area contributed by atoms with Crippen molar-refractivity contribution in [3.63, 3.8) is 0 Å². The van der Waals surface area contributed by atoms with E-state index in [1.165, 1.54) is 0 Å². The molecule has 0 aromatic rings. The van der Waals surface area contributed by atoms with Crippen molar-refractivity contribution in [2.45, 2.75) is 12.6 Å². The van der Waals surface area contributed by atoms with E-state index in [0.717, 1.165) is 0 Å². The van der Waals surface area contributed by atoms with E-state index in [9.17, 15) is 13.2 Å². The van der Waals surface area contributed by atoms with Crippen LogP contribution in [-0.4, -0.2) is 11.5 Å². The van der Waals surface area contributed by atoms with Crippen LogP contribution >= 0.6 is 15.9 Å². The third-order valence-corrected chi connectivity index (χ3v) is 2.37. The summed E-state index contributed by atoms with van der Waals surface area (Å²) < 4.78 is 35.0. The van der Waals surface area contributed by atoms with E-state index >= 15 is 0 Å². The summed E-state index contributed by atoms with van der Waals surface area (Å²) in [6, 6.07) is 0. The highest BCUT2D eigenvalue weighted by Crippen LogP contribution is 2.50. The van der Waals surface area contributed by atoms with Gasteiger partial charge in [-0.05, 0) is 12.3 Å². The molecule has 1 rings (SSSR count). The summed E-state index contributed by atoms with van der Waals surface area (Å²) in [6.07, 6.45) is -3.63. The molecule has 0 N–H and O–H groups in total. The molecule has 1 saturated carbocycles. The second kappa shape index (κ2) is 2.15. The predicted octanol–water partition coefficient (Wildman–Crippen LogP) is 2.58. The second-order valence-corrected chi connectivity index (χ2v) is 2.95. The van der Waals surface area contributed by atoms with E-state index in [1.807, 2.05) is 0 Å². The topological polar surface area (TPSA) is 0 Å². The maximum absolute atomic E-state index is 11.7. The largest absolute Gasteiger partial charge is 0.392 e. The zero-order chi connectivity index (χ0) is 7.07. The summed E-state index contributed by atoms with van der Waals surface area (Å²) >= 11 is 3.01. The molecule has 0 aromatic heterocycles. The number of rotatable bonds is 1. The Morgan fingerprint density at radius 1 is 1.44 bits per heavy atom. The van der Waals surface area contributed by atoms with E-state index in [4.69, 9.17) is 0 Å². The molecule has 4 heteroatoms. The Bertz CT molecular complexity index is 109. The SMILES string of the molecule is FC(F)(F)[C@H]1C[C@@H]1CBr. The summed E-state index contributed by atoms with van der Waals surface area (Å²) in [5.41, 5.74) is 0. The molecule has 0 aromatic carbocycles. The fourth-order valence-electron chi connectivity index (χ4n) is 0.819. The van der Waals surface area contributed by atoms with Gasteiger partial charge in [-0.1, -0.05) is 15.9 Å². The maximum atomic E-state index is 11.7. The molecular formula is C5H6BrF3. The fraction of sp³-hybridized carbons (Fsp3) is 1.00. The Balaban J connectivity index is 2.33. The van der Waals surface area contributed by atoms with Crippen molar-refractivity contribution >= 4 is 15.9 Å². The lowest BCUT2D eigenvalue weighted by atomic mass is 10.3. The van der Waals surface area contributed by atoms with Crippen LogP contribution in [0.1, 0.15) is 6.42 Å². The lowest BCUT2D eigenvalue weighted by molar-refractivity contribution is -0.150. The van der Waals surface area contributed by atoms with Crippen LogP contribution in [0.25, 0.3) is 0 Å². The molecule has 1 fully saturated rings. The van der Waals surface area contributed by atoms with E-state index < -0.39 is 12.1 Å². The first-order chi connectivity index (χ1) is 4.05. The Kier molecular flexibility index (Phi) is 1.76. The highest BCUT2D eigenvalue weighted by Gasteiger charge is 2.54. The molecule has 1 aliphatic rings. The second-order valence-electron chi connectivity index (χ2n) is 2.30. The molecule has 0 unspecified atom stereocenters. The first-order valence-corrected chi connectivity index (χ1v) is 3.80. The van der Waals surface area contributed by atoms with Crippen molar-refractivity contribution in [1.29, 1.82) is 0 Å². The van der Waals surface area contributed by atoms with Gasteiger partial charge in [-0.3, -0.25) is 0 Å². The molecule has 0 radical (unpaired) electrons. The van der Waals surface area contributed by atoms with Crippen LogP contribution in [-0.2, 0) is 0 Å². The Labute approximate surface area is 59.6 Å². The predicted molar refractivity (Wildman–Crippen MR) is 31.4 cm³/mol. The quantitative estimate of drug-likeness (QED) is 0.574. The molecule has 0 spiro atoms. The third kappa shape index (κ3) is 1.60. The highest BCUT2D eigenvalue weighted by molar-refractivity contribution is 9.09. The molecule has 0 saturated heterocycles. The van der Waals surface area contributed by atoms with Crippen molar-refractivity contribution in [2.75, 3.05) is 5.33 Å². The lowest BCUT2D eigenvalue weighted by Crippen LogP contribution is -2.11. The Morgan fingerprint density at radius 3 is 2.11 bits per heavy atom. The number of hydrogen-bond donors (Lipinski definition) is 0. The number of halogens is 4. The Hall–Kier alpha value is 0.270. The van der Waals surface area contributed by atoms with Gasteiger partial charge in [0.1, 0.15) is 0 Å². The molecule has 2 atom stereocenters. The van der Waals surface area contributed by atoms with Crippen molar-refractivity contribution in [1.82, 2.24) is 0 Å². The van der Waals surface area contributed by atoms with E-state index in [2.05, 4.69) is 15.9 Å². The van der Waals surface area contributed by atoms with Crippen LogP contribution in [0.15, 0.2) is 0 Å². The molecular weight excluding hydrogens is 197 g/mol. The van der Waals surface area contributed by atoms with Gasteiger partial charge in [-0.2, -0.15) is 13.2 Å². The summed E-state index contributed by atoms with van der Waals surface area (Å²) in [5, 5.41) is 0.483.